The molecule has 0 heterocycles. The van der Waals surface area contributed by atoms with Gasteiger partial charge in [0.25, 0.3) is 0 Å². The first-order valence-electron chi connectivity index (χ1n) is 4.47. The predicted molar refractivity (Wildman–Crippen MR) is 61.7 cm³/mol. The Bertz CT molecular complexity index is 415. The van der Waals surface area contributed by atoms with Gasteiger partial charge in [-0.1, -0.05) is 0 Å². The fourth-order valence-electron chi connectivity index (χ4n) is 1.29. The van der Waals surface area contributed by atoms with Gasteiger partial charge in [0.2, 0.25) is 5.78 Å². The smallest absolute Gasteiger partial charge is 0.229 e. The Morgan fingerprint density at radius 3 is 2.31 bits per heavy atom. The first-order chi connectivity index (χ1) is 7.67. The highest BCUT2D eigenvalue weighted by atomic mass is 32.2. The molecule has 0 atom stereocenters. The van der Waals surface area contributed by atoms with E-state index in [2.05, 4.69) is 0 Å². The van der Waals surface area contributed by atoms with E-state index in [1.165, 1.54) is 32.0 Å². The van der Waals surface area contributed by atoms with Crippen LogP contribution in [0, 0.1) is 0 Å². The number of thioether (sulfide) groups is 1. The van der Waals surface area contributed by atoms with Crippen LogP contribution in [-0.4, -0.2) is 32.5 Å². The van der Waals surface area contributed by atoms with Gasteiger partial charge in [0.05, 0.1) is 24.7 Å². The third-order valence-electron chi connectivity index (χ3n) is 2.08. The molecule has 0 saturated carbocycles. The summed E-state index contributed by atoms with van der Waals surface area (Å²) in [6.07, 6.45) is 2.15. The Morgan fingerprint density at radius 2 is 1.88 bits per heavy atom. The van der Waals surface area contributed by atoms with Crippen molar-refractivity contribution in [1.82, 2.24) is 0 Å². The maximum atomic E-state index is 11.4. The van der Waals surface area contributed by atoms with Crippen LogP contribution >= 0.6 is 11.8 Å². The van der Waals surface area contributed by atoms with Crippen molar-refractivity contribution in [2.75, 3.05) is 20.5 Å². The molecule has 0 N–H and O–H groups in total. The highest BCUT2D eigenvalue weighted by Crippen LogP contribution is 2.34. The van der Waals surface area contributed by atoms with Crippen LogP contribution in [0.2, 0.25) is 0 Å². The van der Waals surface area contributed by atoms with Gasteiger partial charge in [-0.25, -0.2) is 0 Å². The molecule has 0 saturated heterocycles. The number of rotatable bonds is 5. The van der Waals surface area contributed by atoms with Gasteiger partial charge < -0.3 is 9.47 Å². The molecule has 0 fully saturated rings. The summed E-state index contributed by atoms with van der Waals surface area (Å²) < 4.78 is 10.2. The van der Waals surface area contributed by atoms with Gasteiger partial charge in [0.15, 0.2) is 6.29 Å². The largest absolute Gasteiger partial charge is 0.496 e. The first kappa shape index (κ1) is 12.6. The van der Waals surface area contributed by atoms with E-state index in [1.807, 2.05) is 6.26 Å². The summed E-state index contributed by atoms with van der Waals surface area (Å²) >= 11 is 1.47. The van der Waals surface area contributed by atoms with E-state index in [0.29, 0.717) is 11.5 Å². The molecule has 0 aliphatic carbocycles. The normalized spacial score (nSPS) is 9.69. The molecule has 0 aliphatic heterocycles. The highest BCUT2D eigenvalue weighted by molar-refractivity contribution is 7.98. The van der Waals surface area contributed by atoms with Gasteiger partial charge in [-0.15, -0.1) is 11.8 Å². The standard InChI is InChI=1S/C11H12O4S/c1-14-9-5-11(16-3)10(15-2)4-7(9)8(13)6-12/h4-6H,1-3H3. The van der Waals surface area contributed by atoms with Crippen LogP contribution in [0.15, 0.2) is 17.0 Å². The van der Waals surface area contributed by atoms with Gasteiger partial charge in [0, 0.05) is 0 Å². The minimum atomic E-state index is -0.622. The van der Waals surface area contributed by atoms with Crippen molar-refractivity contribution < 1.29 is 19.1 Å². The lowest BCUT2D eigenvalue weighted by atomic mass is 10.1. The molecule has 0 radical (unpaired) electrons. The Kier molecular flexibility index (Phi) is 4.37. The average Bonchev–Trinajstić information content (AvgIpc) is 2.35. The number of carbonyl (C=O) groups is 2. The van der Waals surface area contributed by atoms with E-state index in [-0.39, 0.29) is 11.8 Å². The number of carbonyl (C=O) groups excluding carboxylic acids is 2. The molecule has 0 aliphatic rings. The molecular formula is C11H12O4S. The van der Waals surface area contributed by atoms with E-state index >= 15 is 0 Å². The van der Waals surface area contributed by atoms with Crippen molar-refractivity contribution >= 4 is 23.8 Å². The number of methoxy groups -OCH3 is 2. The summed E-state index contributed by atoms with van der Waals surface area (Å²) in [5.41, 5.74) is 0.215. The number of hydrogen-bond acceptors (Lipinski definition) is 5. The van der Waals surface area contributed by atoms with Crippen LogP contribution in [0.1, 0.15) is 10.4 Å². The molecular weight excluding hydrogens is 228 g/mol. The predicted octanol–water partition coefficient (Wildman–Crippen LogP) is 1.81. The van der Waals surface area contributed by atoms with Gasteiger partial charge in [-0.2, -0.15) is 0 Å². The summed E-state index contributed by atoms with van der Waals surface area (Å²) in [5, 5.41) is 0. The highest BCUT2D eigenvalue weighted by Gasteiger charge is 2.15. The lowest BCUT2D eigenvalue weighted by Gasteiger charge is -2.11. The molecule has 1 rings (SSSR count). The Labute approximate surface area is 97.9 Å². The van der Waals surface area contributed by atoms with E-state index in [4.69, 9.17) is 9.47 Å². The number of ketones is 1. The molecule has 0 amide bonds. The second-order valence-corrected chi connectivity index (χ2v) is 3.74. The first-order valence-corrected chi connectivity index (χ1v) is 5.70. The van der Waals surface area contributed by atoms with Crippen molar-refractivity contribution in [1.29, 1.82) is 0 Å². The van der Waals surface area contributed by atoms with Gasteiger partial charge >= 0.3 is 0 Å². The molecule has 0 bridgehead atoms. The Hall–Kier alpha value is -1.49. The topological polar surface area (TPSA) is 52.6 Å². The minimum Gasteiger partial charge on any atom is -0.496 e. The number of hydrogen-bond donors (Lipinski definition) is 0. The summed E-state index contributed by atoms with van der Waals surface area (Å²) in [5.74, 6) is 0.309. The van der Waals surface area contributed by atoms with E-state index < -0.39 is 5.78 Å². The maximum absolute atomic E-state index is 11.4. The number of Topliss-reactive ketones (excluding diaryl/α,β-unsaturated/α-hetero) is 1. The molecule has 0 unspecified atom stereocenters. The zero-order valence-electron chi connectivity index (χ0n) is 9.27. The van der Waals surface area contributed by atoms with Gasteiger partial charge in [0.1, 0.15) is 11.5 Å². The molecule has 1 aromatic carbocycles. The van der Waals surface area contributed by atoms with E-state index in [1.54, 1.807) is 6.07 Å². The molecule has 0 aromatic heterocycles. The molecule has 5 heteroatoms. The van der Waals surface area contributed by atoms with Crippen LogP contribution in [0.25, 0.3) is 0 Å². The molecule has 4 nitrogen and oxygen atoms in total. The zero-order chi connectivity index (χ0) is 12.1. The monoisotopic (exact) mass is 240 g/mol. The van der Waals surface area contributed by atoms with Crippen molar-refractivity contribution in [3.8, 4) is 11.5 Å². The summed E-state index contributed by atoms with van der Waals surface area (Å²) in [4.78, 5) is 22.7. The van der Waals surface area contributed by atoms with Gasteiger partial charge in [-0.05, 0) is 18.4 Å². The minimum absolute atomic E-state index is 0.215. The van der Waals surface area contributed by atoms with Gasteiger partial charge in [-0.3, -0.25) is 9.59 Å². The van der Waals surface area contributed by atoms with Crippen molar-refractivity contribution in [2.45, 2.75) is 4.90 Å². The van der Waals surface area contributed by atoms with Crippen LogP contribution in [0.4, 0.5) is 0 Å². The lowest BCUT2D eigenvalue weighted by Crippen LogP contribution is -2.04. The van der Waals surface area contributed by atoms with Crippen LogP contribution < -0.4 is 9.47 Å². The molecule has 0 spiro atoms. The zero-order valence-corrected chi connectivity index (χ0v) is 10.1. The summed E-state index contributed by atoms with van der Waals surface area (Å²) in [7, 11) is 2.96. The number of benzene rings is 1. The molecule has 16 heavy (non-hydrogen) atoms. The van der Waals surface area contributed by atoms with E-state index in [9.17, 15) is 9.59 Å². The SMILES string of the molecule is COc1cc(C(=O)C=O)c(OC)cc1SC. The fourth-order valence-corrected chi connectivity index (χ4v) is 1.85. The summed E-state index contributed by atoms with van der Waals surface area (Å²) in [6, 6.07) is 3.20. The molecule has 86 valence electrons. The van der Waals surface area contributed by atoms with Crippen molar-refractivity contribution in [2.24, 2.45) is 0 Å². The third-order valence-corrected chi connectivity index (χ3v) is 2.84. The number of ether oxygens (including phenoxy) is 2. The third kappa shape index (κ3) is 2.36. The second-order valence-electron chi connectivity index (χ2n) is 2.89. The van der Waals surface area contributed by atoms with Crippen LogP contribution in [0.5, 0.6) is 11.5 Å². The average molecular weight is 240 g/mol. The van der Waals surface area contributed by atoms with Crippen LogP contribution in [0.3, 0.4) is 0 Å². The fraction of sp³-hybridized carbons (Fsp3) is 0.273. The summed E-state index contributed by atoms with van der Waals surface area (Å²) in [6.45, 7) is 0. The maximum Gasteiger partial charge on any atom is 0.229 e. The van der Waals surface area contributed by atoms with Crippen molar-refractivity contribution in [3.05, 3.63) is 17.7 Å². The Morgan fingerprint density at radius 1 is 1.25 bits per heavy atom. The van der Waals surface area contributed by atoms with Crippen molar-refractivity contribution in [3.63, 3.8) is 0 Å². The lowest BCUT2D eigenvalue weighted by molar-refractivity contribution is -0.104. The second kappa shape index (κ2) is 5.55. The molecule has 1 aromatic rings. The Balaban J connectivity index is 3.36. The van der Waals surface area contributed by atoms with E-state index in [0.717, 1.165) is 4.90 Å². The van der Waals surface area contributed by atoms with Crippen LogP contribution in [-0.2, 0) is 4.79 Å². The number of aldehydes is 1. The quantitative estimate of drug-likeness (QED) is 0.340.